The second-order valence-electron chi connectivity index (χ2n) is 6.57. The van der Waals surface area contributed by atoms with E-state index in [9.17, 15) is 4.79 Å². The lowest BCUT2D eigenvalue weighted by atomic mass is 10.0. The molecule has 2 aromatic rings. The van der Waals surface area contributed by atoms with E-state index in [0.717, 1.165) is 35.2 Å². The molecule has 0 saturated heterocycles. The number of amides is 1. The van der Waals surface area contributed by atoms with Crippen LogP contribution >= 0.6 is 0 Å². The lowest BCUT2D eigenvalue weighted by Crippen LogP contribution is -2.27. The smallest absolute Gasteiger partial charge is 0.254 e. The second-order valence-corrected chi connectivity index (χ2v) is 6.57. The van der Waals surface area contributed by atoms with Crippen LogP contribution in [-0.4, -0.2) is 24.1 Å². The normalized spacial score (nSPS) is 11.1. The zero-order valence-electron chi connectivity index (χ0n) is 16.0. The van der Waals surface area contributed by atoms with Gasteiger partial charge in [0.2, 0.25) is 0 Å². The molecular weight excluding hydrogens is 308 g/mol. The van der Waals surface area contributed by atoms with E-state index in [0.29, 0.717) is 6.54 Å². The van der Waals surface area contributed by atoms with Gasteiger partial charge >= 0.3 is 0 Å². The molecule has 0 atom stereocenters. The molecule has 0 aliphatic heterocycles. The van der Waals surface area contributed by atoms with Gasteiger partial charge in [-0.15, -0.1) is 0 Å². The first-order valence-corrected chi connectivity index (χ1v) is 8.89. The third kappa shape index (κ3) is 4.79. The third-order valence-corrected chi connectivity index (χ3v) is 4.34. The van der Waals surface area contributed by atoms with Crippen molar-refractivity contribution in [1.82, 2.24) is 4.90 Å². The molecule has 0 aliphatic rings. The lowest BCUT2D eigenvalue weighted by molar-refractivity contribution is 0.0784. The van der Waals surface area contributed by atoms with E-state index in [1.54, 1.807) is 11.1 Å². The first-order chi connectivity index (χ1) is 12.0. The number of rotatable bonds is 6. The molecule has 3 heteroatoms. The van der Waals surface area contributed by atoms with E-state index in [2.05, 4.69) is 36.2 Å². The molecule has 0 N–H and O–H groups in total. The van der Waals surface area contributed by atoms with Crippen LogP contribution in [-0.2, 0) is 13.0 Å². The maximum Gasteiger partial charge on any atom is 0.254 e. The van der Waals surface area contributed by atoms with Crippen LogP contribution in [0.5, 0.6) is 0 Å². The van der Waals surface area contributed by atoms with E-state index < -0.39 is 0 Å². The molecule has 0 aromatic heterocycles. The van der Waals surface area contributed by atoms with Crippen molar-refractivity contribution in [2.75, 3.05) is 7.05 Å². The van der Waals surface area contributed by atoms with Crippen LogP contribution in [0.15, 0.2) is 41.4 Å². The van der Waals surface area contributed by atoms with Crippen molar-refractivity contribution in [3.05, 3.63) is 64.2 Å². The summed E-state index contributed by atoms with van der Waals surface area (Å²) < 4.78 is 0. The van der Waals surface area contributed by atoms with Gasteiger partial charge in [-0.05, 0) is 61.6 Å². The van der Waals surface area contributed by atoms with E-state index in [1.165, 1.54) is 11.1 Å². The number of hydrogen-bond acceptors (Lipinski definition) is 2. The highest BCUT2D eigenvalue weighted by Gasteiger charge is 2.16. The molecule has 0 unspecified atom stereocenters. The fourth-order valence-corrected chi connectivity index (χ4v) is 3.03. The highest BCUT2D eigenvalue weighted by molar-refractivity contribution is 5.96. The summed E-state index contributed by atoms with van der Waals surface area (Å²) in [6, 6.07) is 12.4. The SMILES string of the molecule is CC=Nc1cc(C)c(C(=O)N(C)Cc2cccc(CCC)c2)cc1C. The molecule has 132 valence electrons. The van der Waals surface area contributed by atoms with Crippen LogP contribution in [0.3, 0.4) is 0 Å². The zero-order valence-corrected chi connectivity index (χ0v) is 16.0. The van der Waals surface area contributed by atoms with Crippen molar-refractivity contribution in [3.63, 3.8) is 0 Å². The maximum absolute atomic E-state index is 12.9. The maximum atomic E-state index is 12.9. The second kappa shape index (κ2) is 8.61. The number of nitrogens with zero attached hydrogens (tertiary/aromatic N) is 2. The summed E-state index contributed by atoms with van der Waals surface area (Å²) in [5, 5.41) is 0. The molecule has 0 saturated carbocycles. The average molecular weight is 336 g/mol. The van der Waals surface area contributed by atoms with Gasteiger partial charge in [0, 0.05) is 25.4 Å². The quantitative estimate of drug-likeness (QED) is 0.663. The first-order valence-electron chi connectivity index (χ1n) is 8.89. The van der Waals surface area contributed by atoms with Crippen molar-refractivity contribution < 1.29 is 4.79 Å². The third-order valence-electron chi connectivity index (χ3n) is 4.34. The molecule has 0 radical (unpaired) electrons. The van der Waals surface area contributed by atoms with Crippen LogP contribution in [0, 0.1) is 13.8 Å². The minimum Gasteiger partial charge on any atom is -0.337 e. The van der Waals surface area contributed by atoms with Crippen LogP contribution in [0.1, 0.15) is 52.9 Å². The van der Waals surface area contributed by atoms with Gasteiger partial charge in [-0.25, -0.2) is 0 Å². The summed E-state index contributed by atoms with van der Waals surface area (Å²) in [5.74, 6) is 0.0496. The number of hydrogen-bond donors (Lipinski definition) is 0. The van der Waals surface area contributed by atoms with Gasteiger partial charge in [0.15, 0.2) is 0 Å². The van der Waals surface area contributed by atoms with Gasteiger partial charge in [-0.2, -0.15) is 0 Å². The summed E-state index contributed by atoms with van der Waals surface area (Å²) in [7, 11) is 1.86. The molecule has 25 heavy (non-hydrogen) atoms. The Morgan fingerprint density at radius 1 is 1.12 bits per heavy atom. The van der Waals surface area contributed by atoms with E-state index in [-0.39, 0.29) is 5.91 Å². The summed E-state index contributed by atoms with van der Waals surface area (Å²) in [6.07, 6.45) is 3.98. The van der Waals surface area contributed by atoms with E-state index in [4.69, 9.17) is 0 Å². The van der Waals surface area contributed by atoms with Crippen molar-refractivity contribution in [2.45, 2.75) is 47.1 Å². The Labute approximate surface area is 151 Å². The molecule has 2 aromatic carbocycles. The Balaban J connectivity index is 2.20. The monoisotopic (exact) mass is 336 g/mol. The predicted octanol–water partition coefficient (Wildman–Crippen LogP) is 5.25. The number of carbonyl (C=O) groups is 1. The molecule has 2 rings (SSSR count). The highest BCUT2D eigenvalue weighted by atomic mass is 16.2. The van der Waals surface area contributed by atoms with Crippen LogP contribution in [0.4, 0.5) is 5.69 Å². The molecule has 0 fully saturated rings. The lowest BCUT2D eigenvalue weighted by Gasteiger charge is -2.20. The first kappa shape index (κ1) is 18.9. The minimum atomic E-state index is 0.0496. The number of carbonyl (C=O) groups excluding carboxylic acids is 1. The summed E-state index contributed by atoms with van der Waals surface area (Å²) >= 11 is 0. The van der Waals surface area contributed by atoms with Crippen LogP contribution in [0.2, 0.25) is 0 Å². The molecule has 0 spiro atoms. The van der Waals surface area contributed by atoms with Gasteiger partial charge in [0.25, 0.3) is 5.91 Å². The summed E-state index contributed by atoms with van der Waals surface area (Å²) in [5.41, 5.74) is 6.15. The molecule has 0 bridgehead atoms. The molecule has 1 amide bonds. The largest absolute Gasteiger partial charge is 0.337 e. The zero-order chi connectivity index (χ0) is 18.4. The standard InChI is InChI=1S/C22H28N2O/c1-6-9-18-10-8-11-19(14-18)15-24(5)22(25)20-12-17(4)21(23-7-2)13-16(20)3/h7-8,10-14H,6,9,15H2,1-5H3. The van der Waals surface area contributed by atoms with Gasteiger partial charge in [0.1, 0.15) is 0 Å². The topological polar surface area (TPSA) is 32.7 Å². The van der Waals surface area contributed by atoms with E-state index in [1.807, 2.05) is 40.0 Å². The Bertz CT molecular complexity index is 778. The molecule has 0 heterocycles. The Hall–Kier alpha value is -2.42. The number of aryl methyl sites for hydroxylation is 3. The minimum absolute atomic E-state index is 0.0496. The van der Waals surface area contributed by atoms with Crippen molar-refractivity contribution >= 4 is 17.8 Å². The molecule has 0 aliphatic carbocycles. The Morgan fingerprint density at radius 3 is 2.52 bits per heavy atom. The molecule has 3 nitrogen and oxygen atoms in total. The van der Waals surface area contributed by atoms with Crippen molar-refractivity contribution in [3.8, 4) is 0 Å². The van der Waals surface area contributed by atoms with Gasteiger partial charge in [0.05, 0.1) is 5.69 Å². The molecular formula is C22H28N2O. The average Bonchev–Trinajstić information content (AvgIpc) is 2.58. The van der Waals surface area contributed by atoms with Crippen molar-refractivity contribution in [1.29, 1.82) is 0 Å². The van der Waals surface area contributed by atoms with Gasteiger partial charge in [-0.1, -0.05) is 37.6 Å². The summed E-state index contributed by atoms with van der Waals surface area (Å²) in [6.45, 7) is 8.65. The fourth-order valence-electron chi connectivity index (χ4n) is 3.03. The number of benzene rings is 2. The Kier molecular flexibility index (Phi) is 6.51. The fraction of sp³-hybridized carbons (Fsp3) is 0.364. The predicted molar refractivity (Wildman–Crippen MR) is 106 cm³/mol. The highest BCUT2D eigenvalue weighted by Crippen LogP contribution is 2.24. The van der Waals surface area contributed by atoms with Gasteiger partial charge < -0.3 is 4.90 Å². The van der Waals surface area contributed by atoms with Crippen LogP contribution in [0.25, 0.3) is 0 Å². The van der Waals surface area contributed by atoms with Gasteiger partial charge in [-0.3, -0.25) is 9.79 Å². The van der Waals surface area contributed by atoms with E-state index >= 15 is 0 Å². The van der Waals surface area contributed by atoms with Crippen LogP contribution < -0.4 is 0 Å². The number of aliphatic imine (C=N–C) groups is 1. The Morgan fingerprint density at radius 2 is 1.84 bits per heavy atom. The van der Waals surface area contributed by atoms with Crippen molar-refractivity contribution in [2.24, 2.45) is 4.99 Å². The summed E-state index contributed by atoms with van der Waals surface area (Å²) in [4.78, 5) is 19.0.